The van der Waals surface area contributed by atoms with E-state index < -0.39 is 0 Å². The summed E-state index contributed by atoms with van der Waals surface area (Å²) in [5.41, 5.74) is 2.90. The fourth-order valence-corrected chi connectivity index (χ4v) is 5.23. The van der Waals surface area contributed by atoms with Gasteiger partial charge in [0.15, 0.2) is 0 Å². The van der Waals surface area contributed by atoms with E-state index in [1.54, 1.807) is 0 Å². The molecule has 1 aliphatic rings. The molecule has 1 aromatic rings. The van der Waals surface area contributed by atoms with Crippen LogP contribution in [0.15, 0.2) is 36.4 Å². The van der Waals surface area contributed by atoms with E-state index in [-0.39, 0.29) is 11.3 Å². The van der Waals surface area contributed by atoms with Crippen LogP contribution in [0.4, 0.5) is 0 Å². The number of hydrogen-bond acceptors (Lipinski definition) is 2. The molecule has 1 aromatic carbocycles. The van der Waals surface area contributed by atoms with E-state index in [0.717, 1.165) is 25.7 Å². The Morgan fingerprint density at radius 2 is 1.90 bits per heavy atom. The second-order valence-electron chi connectivity index (χ2n) is 8.65. The molecule has 0 radical (unpaired) electrons. The van der Waals surface area contributed by atoms with Crippen LogP contribution in [0, 0.1) is 11.8 Å². The number of rotatable bonds is 12. The van der Waals surface area contributed by atoms with Crippen molar-refractivity contribution in [2.75, 3.05) is 7.11 Å². The van der Waals surface area contributed by atoms with Crippen molar-refractivity contribution in [3.05, 3.63) is 47.5 Å². The Kier molecular flexibility index (Phi) is 10.8. The van der Waals surface area contributed by atoms with E-state index >= 15 is 0 Å². The maximum Gasteiger partial charge on any atom is 0.305 e. The quantitative estimate of drug-likeness (QED) is 0.152. The predicted octanol–water partition coefficient (Wildman–Crippen LogP) is 7.45. The molecule has 0 N–H and O–H groups in total. The van der Waals surface area contributed by atoms with Crippen molar-refractivity contribution in [2.24, 2.45) is 11.8 Å². The summed E-state index contributed by atoms with van der Waals surface area (Å²) < 4.78 is 4.69. The van der Waals surface area contributed by atoms with Gasteiger partial charge in [0, 0.05) is 11.8 Å². The first-order valence-electron chi connectivity index (χ1n) is 11.5. The molecule has 0 spiro atoms. The number of esters is 1. The van der Waals surface area contributed by atoms with Gasteiger partial charge in [0.2, 0.25) is 0 Å². The van der Waals surface area contributed by atoms with E-state index in [0.29, 0.717) is 24.2 Å². The van der Waals surface area contributed by atoms with Gasteiger partial charge in [-0.1, -0.05) is 69.5 Å². The number of carbonyl (C=O) groups is 1. The molecule has 2 rings (SSSR count). The van der Waals surface area contributed by atoms with Crippen LogP contribution in [0.5, 0.6) is 0 Å². The molecule has 1 aliphatic carbocycles. The molecule has 2 nitrogen and oxygen atoms in total. The minimum Gasteiger partial charge on any atom is -0.469 e. The van der Waals surface area contributed by atoms with Gasteiger partial charge >= 0.3 is 5.97 Å². The number of methoxy groups -OCH3 is 1. The van der Waals surface area contributed by atoms with Crippen molar-refractivity contribution in [1.82, 2.24) is 0 Å². The summed E-state index contributed by atoms with van der Waals surface area (Å²) in [5, 5.41) is 0.239. The highest BCUT2D eigenvalue weighted by Gasteiger charge is 2.40. The Bertz CT molecular complexity index is 622. The van der Waals surface area contributed by atoms with Gasteiger partial charge in [0.1, 0.15) is 0 Å². The first-order chi connectivity index (χ1) is 14.1. The monoisotopic (exact) mass is 418 g/mol. The van der Waals surface area contributed by atoms with Crippen LogP contribution in [0.3, 0.4) is 0 Å². The van der Waals surface area contributed by atoms with Crippen LogP contribution in [0.1, 0.15) is 88.7 Å². The fraction of sp³-hybridized carbons (Fsp3) is 0.654. The Balaban J connectivity index is 1.89. The van der Waals surface area contributed by atoms with Crippen LogP contribution < -0.4 is 0 Å². The maximum atomic E-state index is 11.2. The molecule has 0 saturated heterocycles. The summed E-state index contributed by atoms with van der Waals surface area (Å²) >= 11 is 6.75. The van der Waals surface area contributed by atoms with E-state index in [2.05, 4.69) is 55.0 Å². The van der Waals surface area contributed by atoms with Crippen LogP contribution in [0.25, 0.3) is 0 Å². The molecule has 0 bridgehead atoms. The molecule has 1 fully saturated rings. The highest BCUT2D eigenvalue weighted by Crippen LogP contribution is 2.48. The fourth-order valence-electron chi connectivity index (χ4n) is 4.69. The number of ether oxygens (including phenoxy) is 1. The Hall–Kier alpha value is -1.28. The van der Waals surface area contributed by atoms with Gasteiger partial charge in [-0.15, -0.1) is 11.6 Å². The second-order valence-corrected chi connectivity index (χ2v) is 9.21. The van der Waals surface area contributed by atoms with Crippen LogP contribution >= 0.6 is 11.6 Å². The van der Waals surface area contributed by atoms with Gasteiger partial charge in [-0.05, 0) is 67.4 Å². The Morgan fingerprint density at radius 3 is 2.59 bits per heavy atom. The third-order valence-corrected chi connectivity index (χ3v) is 6.88. The van der Waals surface area contributed by atoms with Gasteiger partial charge in [-0.3, -0.25) is 4.79 Å². The van der Waals surface area contributed by atoms with Gasteiger partial charge in [-0.25, -0.2) is 0 Å². The normalized spacial score (nSPS) is 24.3. The van der Waals surface area contributed by atoms with Crippen molar-refractivity contribution in [3.63, 3.8) is 0 Å². The highest BCUT2D eigenvalue weighted by atomic mass is 35.5. The second kappa shape index (κ2) is 13.1. The molecule has 0 amide bonds. The number of carbonyl (C=O) groups excluding carboxylic acids is 1. The summed E-state index contributed by atoms with van der Waals surface area (Å²) in [6, 6.07) is 9.35. The zero-order chi connectivity index (χ0) is 21.1. The summed E-state index contributed by atoms with van der Waals surface area (Å²) in [4.78, 5) is 11.2. The van der Waals surface area contributed by atoms with Crippen molar-refractivity contribution in [3.8, 4) is 0 Å². The molecular weight excluding hydrogens is 380 g/mol. The summed E-state index contributed by atoms with van der Waals surface area (Å²) in [6.07, 6.45) is 15.3. The van der Waals surface area contributed by atoms with Crippen molar-refractivity contribution >= 4 is 17.6 Å². The van der Waals surface area contributed by atoms with E-state index in [1.165, 1.54) is 50.3 Å². The minimum atomic E-state index is -0.127. The van der Waals surface area contributed by atoms with E-state index in [4.69, 9.17) is 11.6 Å². The number of alkyl halides is 1. The zero-order valence-electron chi connectivity index (χ0n) is 18.5. The van der Waals surface area contributed by atoms with Gasteiger partial charge < -0.3 is 4.74 Å². The number of hydrogen-bond donors (Lipinski definition) is 0. The van der Waals surface area contributed by atoms with Crippen LogP contribution in [-0.2, 0) is 16.0 Å². The first kappa shape index (κ1) is 24.0. The summed E-state index contributed by atoms with van der Waals surface area (Å²) in [6.45, 7) is 4.61. The summed E-state index contributed by atoms with van der Waals surface area (Å²) in [5.74, 6) is 1.51. The zero-order valence-corrected chi connectivity index (χ0v) is 19.3. The minimum absolute atomic E-state index is 0.127. The molecule has 2 unspecified atom stereocenters. The number of aryl methyl sites for hydroxylation is 1. The Morgan fingerprint density at radius 1 is 1.14 bits per heavy atom. The van der Waals surface area contributed by atoms with Crippen molar-refractivity contribution in [1.29, 1.82) is 0 Å². The molecule has 0 heterocycles. The molecule has 0 aliphatic heterocycles. The molecule has 3 heteroatoms. The molecule has 162 valence electrons. The van der Waals surface area contributed by atoms with Gasteiger partial charge in [0.05, 0.1) is 7.11 Å². The third kappa shape index (κ3) is 7.81. The number of allylic oxidation sites excluding steroid dienone is 2. The lowest BCUT2D eigenvalue weighted by molar-refractivity contribution is -0.140. The van der Waals surface area contributed by atoms with Gasteiger partial charge in [-0.2, -0.15) is 0 Å². The average molecular weight is 419 g/mol. The standard InChI is InChI=1S/C26H39ClO2/c1-4-5-6-9-12-21-15-17-22(18-16-21)26-20(2)19-24(27)23(26)13-10-7-8-11-14-25(28)29-3/h7,10,15-18,20,23-24,26H,4-6,8-9,11-14,19H2,1-3H3/b10-7-/t20-,23?,24-,26?/m1/s1. The lowest BCUT2D eigenvalue weighted by Gasteiger charge is -2.24. The molecule has 29 heavy (non-hydrogen) atoms. The molecule has 0 aromatic heterocycles. The molecule has 1 saturated carbocycles. The van der Waals surface area contributed by atoms with Crippen molar-refractivity contribution in [2.45, 2.75) is 89.4 Å². The largest absolute Gasteiger partial charge is 0.469 e. The van der Waals surface area contributed by atoms with E-state index in [9.17, 15) is 4.79 Å². The maximum absolute atomic E-state index is 11.2. The van der Waals surface area contributed by atoms with Crippen LogP contribution in [-0.4, -0.2) is 18.5 Å². The SMILES string of the molecule is CCCCCCc1ccc(C2C(C/C=C\CCCC(=O)OC)[C@H](Cl)C[C@H]2C)cc1. The number of benzene rings is 1. The lowest BCUT2D eigenvalue weighted by atomic mass is 9.82. The number of unbranched alkanes of at least 4 members (excludes halogenated alkanes) is 4. The first-order valence-corrected chi connectivity index (χ1v) is 11.9. The van der Waals surface area contributed by atoms with Crippen LogP contribution in [0.2, 0.25) is 0 Å². The average Bonchev–Trinajstić information content (AvgIpc) is 3.01. The topological polar surface area (TPSA) is 26.3 Å². The van der Waals surface area contributed by atoms with Crippen molar-refractivity contribution < 1.29 is 9.53 Å². The van der Waals surface area contributed by atoms with Gasteiger partial charge in [0.25, 0.3) is 0 Å². The predicted molar refractivity (Wildman–Crippen MR) is 124 cm³/mol. The lowest BCUT2D eigenvalue weighted by Crippen LogP contribution is -2.15. The molecule has 4 atom stereocenters. The Labute approximate surface area is 183 Å². The molecular formula is C26H39ClO2. The third-order valence-electron chi connectivity index (χ3n) is 6.37. The van der Waals surface area contributed by atoms with E-state index in [1.807, 2.05) is 0 Å². The number of halogens is 1. The smallest absolute Gasteiger partial charge is 0.305 e. The summed E-state index contributed by atoms with van der Waals surface area (Å²) in [7, 11) is 1.44. The highest BCUT2D eigenvalue weighted by molar-refractivity contribution is 6.21.